The lowest BCUT2D eigenvalue weighted by atomic mass is 9.97. The Bertz CT molecular complexity index is 683. The molecule has 132 valence electrons. The molecule has 2 atom stereocenters. The highest BCUT2D eigenvalue weighted by Crippen LogP contribution is 2.40. The highest BCUT2D eigenvalue weighted by molar-refractivity contribution is 5.77. The fourth-order valence-electron chi connectivity index (χ4n) is 2.39. The Hall–Kier alpha value is -2.36. The summed E-state index contributed by atoms with van der Waals surface area (Å²) in [4.78, 5) is 19.4. The number of hydrogen-bond donors (Lipinski definition) is 2. The standard InChI is InChI=1S/C14H18F3N5O2/c1-10(8-22-6-3-18-9-22)20-11(23)7-13(24,14(15,16)17)12-19-4-5-21(12)2/h3-6,9-10,24H,7-8H2,1-2H3,(H,20,23)/t10-,13+/m1/s1. The summed E-state index contributed by atoms with van der Waals surface area (Å²) >= 11 is 0. The van der Waals surface area contributed by atoms with Crippen molar-refractivity contribution in [2.45, 2.75) is 37.7 Å². The summed E-state index contributed by atoms with van der Waals surface area (Å²) in [6, 6.07) is -0.439. The normalized spacial score (nSPS) is 15.8. The molecule has 0 unspecified atom stereocenters. The van der Waals surface area contributed by atoms with Gasteiger partial charge in [-0.2, -0.15) is 13.2 Å². The molecule has 2 aromatic rings. The van der Waals surface area contributed by atoms with Crippen LogP contribution in [0, 0.1) is 0 Å². The van der Waals surface area contributed by atoms with Gasteiger partial charge < -0.3 is 19.6 Å². The van der Waals surface area contributed by atoms with Gasteiger partial charge in [-0.3, -0.25) is 4.79 Å². The van der Waals surface area contributed by atoms with Gasteiger partial charge in [-0.1, -0.05) is 0 Å². The Morgan fingerprint density at radius 1 is 1.38 bits per heavy atom. The molecule has 0 aliphatic rings. The maximum absolute atomic E-state index is 13.4. The number of carbonyl (C=O) groups excluding carboxylic acids is 1. The smallest absolute Gasteiger partial charge is 0.374 e. The second-order valence-corrected chi connectivity index (χ2v) is 5.62. The first-order valence-electron chi connectivity index (χ1n) is 7.15. The molecule has 2 aromatic heterocycles. The molecule has 1 amide bonds. The molecule has 2 rings (SSSR count). The van der Waals surface area contributed by atoms with E-state index in [1.165, 1.54) is 19.6 Å². The van der Waals surface area contributed by atoms with E-state index in [-0.39, 0.29) is 0 Å². The van der Waals surface area contributed by atoms with Crippen molar-refractivity contribution in [3.05, 3.63) is 36.9 Å². The maximum Gasteiger partial charge on any atom is 0.425 e. The highest BCUT2D eigenvalue weighted by Gasteiger charge is 2.58. The molecule has 24 heavy (non-hydrogen) atoms. The third-order valence-electron chi connectivity index (χ3n) is 3.53. The summed E-state index contributed by atoms with van der Waals surface area (Å²) in [5, 5.41) is 12.6. The number of nitrogens with one attached hydrogen (secondary N) is 1. The summed E-state index contributed by atoms with van der Waals surface area (Å²) in [6.07, 6.45) is 0.938. The van der Waals surface area contributed by atoms with Crippen molar-refractivity contribution < 1.29 is 23.1 Å². The minimum atomic E-state index is -5.04. The lowest BCUT2D eigenvalue weighted by Gasteiger charge is -2.29. The topological polar surface area (TPSA) is 85.0 Å². The predicted octanol–water partition coefficient (Wildman–Crippen LogP) is 0.961. The Morgan fingerprint density at radius 2 is 2.08 bits per heavy atom. The maximum atomic E-state index is 13.4. The number of aromatic nitrogens is 4. The molecule has 0 radical (unpaired) electrons. The lowest BCUT2D eigenvalue weighted by molar-refractivity contribution is -0.271. The van der Waals surface area contributed by atoms with Crippen molar-refractivity contribution in [2.24, 2.45) is 7.05 Å². The number of imidazole rings is 2. The van der Waals surface area contributed by atoms with E-state index < -0.39 is 36.0 Å². The summed E-state index contributed by atoms with van der Waals surface area (Å²) in [7, 11) is 1.32. The Kier molecular flexibility index (Phi) is 4.97. The molecule has 0 spiro atoms. The van der Waals surface area contributed by atoms with Crippen LogP contribution < -0.4 is 5.32 Å². The van der Waals surface area contributed by atoms with Crippen LogP contribution >= 0.6 is 0 Å². The number of rotatable bonds is 6. The van der Waals surface area contributed by atoms with E-state index in [1.807, 2.05) is 0 Å². The van der Waals surface area contributed by atoms with Crippen molar-refractivity contribution in [3.63, 3.8) is 0 Å². The van der Waals surface area contributed by atoms with E-state index >= 15 is 0 Å². The molecule has 2 heterocycles. The number of nitrogens with zero attached hydrogens (tertiary/aromatic N) is 4. The summed E-state index contributed by atoms with van der Waals surface area (Å²) in [5.74, 6) is -1.56. The third-order valence-corrected chi connectivity index (χ3v) is 3.53. The van der Waals surface area contributed by atoms with Crippen LogP contribution in [-0.4, -0.2) is 42.3 Å². The number of aryl methyl sites for hydroxylation is 1. The largest absolute Gasteiger partial charge is 0.425 e. The molecule has 0 bridgehead atoms. The quantitative estimate of drug-likeness (QED) is 0.817. The monoisotopic (exact) mass is 345 g/mol. The van der Waals surface area contributed by atoms with Gasteiger partial charge in [0.25, 0.3) is 0 Å². The van der Waals surface area contributed by atoms with Gasteiger partial charge in [-0.05, 0) is 6.92 Å². The number of alkyl halides is 3. The molecule has 0 saturated carbocycles. The Labute approximate surface area is 136 Å². The van der Waals surface area contributed by atoms with Gasteiger partial charge >= 0.3 is 6.18 Å². The minimum absolute atomic E-state index is 0.346. The van der Waals surface area contributed by atoms with Gasteiger partial charge in [0.05, 0.1) is 12.7 Å². The lowest BCUT2D eigenvalue weighted by Crippen LogP contribution is -2.49. The van der Waals surface area contributed by atoms with E-state index in [2.05, 4.69) is 15.3 Å². The van der Waals surface area contributed by atoms with Crippen molar-refractivity contribution in [3.8, 4) is 0 Å². The summed E-state index contributed by atoms with van der Waals surface area (Å²) in [5.41, 5.74) is -3.36. The van der Waals surface area contributed by atoms with E-state index in [4.69, 9.17) is 0 Å². The second-order valence-electron chi connectivity index (χ2n) is 5.62. The average Bonchev–Trinajstić information content (AvgIpc) is 3.08. The molecule has 7 nitrogen and oxygen atoms in total. The molecular formula is C14H18F3N5O2. The van der Waals surface area contributed by atoms with Gasteiger partial charge in [-0.15, -0.1) is 0 Å². The van der Waals surface area contributed by atoms with Crippen molar-refractivity contribution in [2.75, 3.05) is 0 Å². The molecular weight excluding hydrogens is 327 g/mol. The molecule has 0 fully saturated rings. The van der Waals surface area contributed by atoms with Crippen LogP contribution in [0.5, 0.6) is 0 Å². The van der Waals surface area contributed by atoms with Crippen molar-refractivity contribution in [1.82, 2.24) is 24.4 Å². The summed E-state index contributed by atoms with van der Waals surface area (Å²) in [6.45, 7) is 1.99. The Morgan fingerprint density at radius 3 is 2.58 bits per heavy atom. The first kappa shape index (κ1) is 18.0. The zero-order valence-electron chi connectivity index (χ0n) is 13.2. The molecule has 10 heteroatoms. The number of halogens is 3. The number of hydrogen-bond acceptors (Lipinski definition) is 4. The van der Waals surface area contributed by atoms with Crippen LogP contribution in [0.1, 0.15) is 19.2 Å². The van der Waals surface area contributed by atoms with Crippen LogP contribution in [0.4, 0.5) is 13.2 Å². The zero-order chi connectivity index (χ0) is 18.0. The van der Waals surface area contributed by atoms with Crippen LogP contribution in [-0.2, 0) is 24.0 Å². The second kappa shape index (κ2) is 6.63. The van der Waals surface area contributed by atoms with Crippen molar-refractivity contribution >= 4 is 5.91 Å². The molecule has 0 saturated heterocycles. The van der Waals surface area contributed by atoms with Gasteiger partial charge in [0.1, 0.15) is 0 Å². The SMILES string of the molecule is C[C@H](Cn1ccnc1)NC(=O)C[C@](O)(c1nccn1C)C(F)(F)F. The fraction of sp³-hybridized carbons (Fsp3) is 0.500. The molecule has 2 N–H and O–H groups in total. The number of aliphatic hydroxyl groups is 1. The van der Waals surface area contributed by atoms with Gasteiger partial charge in [0.2, 0.25) is 11.5 Å². The predicted molar refractivity (Wildman–Crippen MR) is 77.6 cm³/mol. The van der Waals surface area contributed by atoms with Gasteiger partial charge in [0, 0.05) is 44.4 Å². The minimum Gasteiger partial charge on any atom is -0.374 e. The van der Waals surface area contributed by atoms with Gasteiger partial charge in [0.15, 0.2) is 5.82 Å². The van der Waals surface area contributed by atoms with E-state index in [0.717, 1.165) is 10.8 Å². The number of carbonyl (C=O) groups is 1. The number of amides is 1. The van der Waals surface area contributed by atoms with Gasteiger partial charge in [-0.25, -0.2) is 9.97 Å². The zero-order valence-corrected chi connectivity index (χ0v) is 13.2. The van der Waals surface area contributed by atoms with E-state index in [1.54, 1.807) is 23.9 Å². The van der Waals surface area contributed by atoms with Crippen LogP contribution in [0.25, 0.3) is 0 Å². The van der Waals surface area contributed by atoms with Crippen LogP contribution in [0.15, 0.2) is 31.1 Å². The van der Waals surface area contributed by atoms with Crippen molar-refractivity contribution in [1.29, 1.82) is 0 Å². The van der Waals surface area contributed by atoms with E-state index in [9.17, 15) is 23.1 Å². The van der Waals surface area contributed by atoms with Crippen LogP contribution in [0.3, 0.4) is 0 Å². The van der Waals surface area contributed by atoms with Crippen LogP contribution in [0.2, 0.25) is 0 Å². The summed E-state index contributed by atoms with van der Waals surface area (Å²) < 4.78 is 42.8. The molecule has 0 aromatic carbocycles. The highest BCUT2D eigenvalue weighted by atomic mass is 19.4. The fourth-order valence-corrected chi connectivity index (χ4v) is 2.39. The first-order valence-corrected chi connectivity index (χ1v) is 7.15. The molecule has 0 aliphatic heterocycles. The molecule has 0 aliphatic carbocycles. The average molecular weight is 345 g/mol. The third kappa shape index (κ3) is 3.75. The first-order chi connectivity index (χ1) is 11.1. The van der Waals surface area contributed by atoms with E-state index in [0.29, 0.717) is 6.54 Å². The Balaban J connectivity index is 2.10.